The van der Waals surface area contributed by atoms with Gasteiger partial charge in [0, 0.05) is 74.7 Å². The molecule has 0 bridgehead atoms. The number of anilines is 1. The monoisotopic (exact) mass is 626 g/mol. The van der Waals surface area contributed by atoms with Gasteiger partial charge in [-0.1, -0.05) is 32.0 Å². The van der Waals surface area contributed by atoms with Gasteiger partial charge in [-0.15, -0.1) is 0 Å². The van der Waals surface area contributed by atoms with E-state index in [9.17, 15) is 9.59 Å². The molecule has 0 spiro atoms. The highest BCUT2D eigenvalue weighted by atomic mass is 35.5. The highest BCUT2D eigenvalue weighted by Gasteiger charge is 2.22. The van der Waals surface area contributed by atoms with E-state index in [-0.39, 0.29) is 17.6 Å². The van der Waals surface area contributed by atoms with Crippen LogP contribution in [0.4, 0.5) is 5.95 Å². The zero-order valence-corrected chi connectivity index (χ0v) is 26.9. The molecule has 2 saturated heterocycles. The molecule has 2 aliphatic heterocycles. The first-order valence-corrected chi connectivity index (χ1v) is 15.6. The second-order valence-electron chi connectivity index (χ2n) is 10.4. The van der Waals surface area contributed by atoms with Gasteiger partial charge in [-0.25, -0.2) is 4.98 Å². The molecule has 3 aromatic rings. The molecular weight excluding hydrogens is 584 g/mol. The van der Waals surface area contributed by atoms with Crippen molar-refractivity contribution < 1.29 is 19.0 Å². The summed E-state index contributed by atoms with van der Waals surface area (Å²) in [5.41, 5.74) is 1.24. The number of nitrogens with one attached hydrogen (secondary N) is 1. The second-order valence-corrected chi connectivity index (χ2v) is 10.8. The summed E-state index contributed by atoms with van der Waals surface area (Å²) >= 11 is 6.70. The van der Waals surface area contributed by atoms with Gasteiger partial charge < -0.3 is 24.4 Å². The number of aromatic nitrogens is 3. The van der Waals surface area contributed by atoms with E-state index in [0.717, 1.165) is 39.1 Å². The Kier molecular flexibility index (Phi) is 12.0. The Morgan fingerprint density at radius 3 is 2.57 bits per heavy atom. The Hall–Kier alpha value is -3.67. The third-order valence-electron chi connectivity index (χ3n) is 7.81. The maximum absolute atomic E-state index is 14.1. The topological polar surface area (TPSA) is 111 Å². The number of rotatable bonds is 11. The molecular formula is C32H43ClN6O5. The van der Waals surface area contributed by atoms with E-state index in [1.165, 1.54) is 13.2 Å². The SMILES string of the molecule is C=CC(=O)N1CCN(CCCn2c(=O)c(-c3cc(OC)cc(OC)c3Cl)cc3cnc(NCC4CCCO4)nc32)CC1.CC. The Morgan fingerprint density at radius 2 is 1.91 bits per heavy atom. The van der Waals surface area contributed by atoms with E-state index in [2.05, 4.69) is 21.8 Å². The fourth-order valence-electron chi connectivity index (χ4n) is 5.46. The number of benzene rings is 1. The van der Waals surface area contributed by atoms with Gasteiger partial charge in [-0.3, -0.25) is 19.1 Å². The van der Waals surface area contributed by atoms with Crippen LogP contribution in [0.15, 0.2) is 41.8 Å². The van der Waals surface area contributed by atoms with Gasteiger partial charge in [0.25, 0.3) is 5.56 Å². The standard InChI is InChI=1S/C30H37ClN6O5.C2H6/c1-4-26(38)36-12-10-35(11-13-36)8-6-9-37-28-20(18-32-30(34-28)33-19-21-7-5-14-42-21)15-24(29(37)39)23-16-22(40-2)17-25(41-3)27(23)31;1-2/h4,15-18,21H,1,5-14,19H2,2-3H3,(H,32,33,34);1-2H3. The minimum absolute atomic E-state index is 0.0408. The predicted molar refractivity (Wildman–Crippen MR) is 174 cm³/mol. The molecule has 0 aliphatic carbocycles. The number of carbonyl (C=O) groups excluding carboxylic acids is 1. The van der Waals surface area contributed by atoms with Crippen LogP contribution in [-0.4, -0.2) is 96.4 Å². The summed E-state index contributed by atoms with van der Waals surface area (Å²) in [6.45, 7) is 13.0. The highest BCUT2D eigenvalue weighted by Crippen LogP contribution is 2.38. The fraction of sp³-hybridized carbons (Fsp3) is 0.500. The first kappa shape index (κ1) is 33.2. The Morgan fingerprint density at radius 1 is 1.14 bits per heavy atom. The fourth-order valence-corrected chi connectivity index (χ4v) is 5.75. The molecule has 238 valence electrons. The van der Waals surface area contributed by atoms with E-state index in [1.54, 1.807) is 41.0 Å². The van der Waals surface area contributed by atoms with Crippen LogP contribution in [0, 0.1) is 0 Å². The molecule has 12 heteroatoms. The van der Waals surface area contributed by atoms with Crippen LogP contribution in [-0.2, 0) is 16.1 Å². The predicted octanol–water partition coefficient (Wildman–Crippen LogP) is 4.47. The van der Waals surface area contributed by atoms with Crippen LogP contribution in [0.5, 0.6) is 11.5 Å². The minimum Gasteiger partial charge on any atom is -0.497 e. The third-order valence-corrected chi connectivity index (χ3v) is 8.20. The molecule has 44 heavy (non-hydrogen) atoms. The number of amides is 1. The number of carbonyl (C=O) groups is 1. The average Bonchev–Trinajstić information content (AvgIpc) is 3.59. The number of hydrogen-bond donors (Lipinski definition) is 1. The van der Waals surface area contributed by atoms with Gasteiger partial charge in [-0.05, 0) is 44.0 Å². The van der Waals surface area contributed by atoms with Gasteiger partial charge in [-0.2, -0.15) is 4.98 Å². The number of piperazine rings is 1. The van der Waals surface area contributed by atoms with Crippen LogP contribution in [0.2, 0.25) is 5.02 Å². The maximum Gasteiger partial charge on any atom is 0.260 e. The molecule has 1 N–H and O–H groups in total. The lowest BCUT2D eigenvalue weighted by Gasteiger charge is -2.34. The summed E-state index contributed by atoms with van der Waals surface area (Å²) in [4.78, 5) is 39.4. The molecule has 11 nitrogen and oxygen atoms in total. The highest BCUT2D eigenvalue weighted by molar-refractivity contribution is 6.35. The molecule has 2 aliphatic rings. The number of hydrogen-bond acceptors (Lipinski definition) is 9. The molecule has 1 atom stereocenters. The summed E-state index contributed by atoms with van der Waals surface area (Å²) in [6.07, 6.45) is 5.96. The van der Waals surface area contributed by atoms with E-state index >= 15 is 0 Å². The normalized spacial score (nSPS) is 16.8. The van der Waals surface area contributed by atoms with E-state index in [0.29, 0.717) is 77.2 Å². The molecule has 0 saturated carbocycles. The van der Waals surface area contributed by atoms with Crippen LogP contribution in [0.25, 0.3) is 22.2 Å². The van der Waals surface area contributed by atoms with Crippen molar-refractivity contribution in [3.8, 4) is 22.6 Å². The Labute approximate surface area is 263 Å². The molecule has 1 unspecified atom stereocenters. The van der Waals surface area contributed by atoms with E-state index < -0.39 is 0 Å². The number of fused-ring (bicyclic) bond motifs is 1. The molecule has 2 fully saturated rings. The zero-order chi connectivity index (χ0) is 31.6. The minimum atomic E-state index is -0.218. The van der Waals surface area contributed by atoms with Crippen LogP contribution in [0.1, 0.15) is 33.1 Å². The molecule has 1 aromatic carbocycles. The average molecular weight is 627 g/mol. The quantitative estimate of drug-likeness (QED) is 0.308. The largest absolute Gasteiger partial charge is 0.497 e. The van der Waals surface area contributed by atoms with Crippen molar-refractivity contribution in [2.24, 2.45) is 0 Å². The summed E-state index contributed by atoms with van der Waals surface area (Å²) in [6, 6.07) is 5.19. The van der Waals surface area contributed by atoms with E-state index in [4.69, 9.17) is 30.8 Å². The van der Waals surface area contributed by atoms with Crippen molar-refractivity contribution >= 4 is 34.5 Å². The van der Waals surface area contributed by atoms with Crippen molar-refractivity contribution in [3.63, 3.8) is 0 Å². The lowest BCUT2D eigenvalue weighted by Crippen LogP contribution is -2.48. The number of aryl methyl sites for hydroxylation is 1. The van der Waals surface area contributed by atoms with Gasteiger partial charge in [0.15, 0.2) is 0 Å². The first-order chi connectivity index (χ1) is 21.4. The van der Waals surface area contributed by atoms with Crippen molar-refractivity contribution in [1.82, 2.24) is 24.3 Å². The summed E-state index contributed by atoms with van der Waals surface area (Å²) in [5, 5.41) is 4.31. The summed E-state index contributed by atoms with van der Waals surface area (Å²) in [7, 11) is 3.08. The number of pyridine rings is 1. The van der Waals surface area contributed by atoms with Gasteiger partial charge in [0.2, 0.25) is 11.9 Å². The van der Waals surface area contributed by atoms with E-state index in [1.807, 2.05) is 13.8 Å². The molecule has 2 aromatic heterocycles. The van der Waals surface area contributed by atoms with Crippen molar-refractivity contribution in [1.29, 1.82) is 0 Å². The zero-order valence-electron chi connectivity index (χ0n) is 26.1. The number of methoxy groups -OCH3 is 2. The van der Waals surface area contributed by atoms with Gasteiger partial charge in [0.1, 0.15) is 17.1 Å². The van der Waals surface area contributed by atoms with Crippen LogP contribution >= 0.6 is 11.6 Å². The van der Waals surface area contributed by atoms with Gasteiger partial charge >= 0.3 is 0 Å². The smallest absolute Gasteiger partial charge is 0.260 e. The number of halogens is 1. The van der Waals surface area contributed by atoms with Crippen LogP contribution < -0.4 is 20.3 Å². The van der Waals surface area contributed by atoms with Crippen molar-refractivity contribution in [2.45, 2.75) is 45.8 Å². The second kappa shape index (κ2) is 15.9. The lowest BCUT2D eigenvalue weighted by molar-refractivity contribution is -0.127. The lowest BCUT2D eigenvalue weighted by atomic mass is 10.0. The number of ether oxygens (including phenoxy) is 3. The maximum atomic E-state index is 14.1. The Bertz CT molecular complexity index is 1500. The number of nitrogens with zero attached hydrogens (tertiary/aromatic N) is 5. The third kappa shape index (κ3) is 7.69. The summed E-state index contributed by atoms with van der Waals surface area (Å²) < 4.78 is 18.3. The van der Waals surface area contributed by atoms with Crippen molar-refractivity contribution in [2.75, 3.05) is 65.4 Å². The molecule has 4 heterocycles. The molecule has 0 radical (unpaired) electrons. The van der Waals surface area contributed by atoms with Gasteiger partial charge in [0.05, 0.1) is 25.3 Å². The summed E-state index contributed by atoms with van der Waals surface area (Å²) in [5.74, 6) is 1.34. The molecule has 5 rings (SSSR count). The van der Waals surface area contributed by atoms with Crippen LogP contribution in [0.3, 0.4) is 0 Å². The van der Waals surface area contributed by atoms with Crippen molar-refractivity contribution in [3.05, 3.63) is 52.4 Å². The Balaban J connectivity index is 0.00000216. The first-order valence-electron chi connectivity index (χ1n) is 15.2. The molecule has 1 amide bonds.